The summed E-state index contributed by atoms with van der Waals surface area (Å²) in [6.45, 7) is 14.8. The van der Waals surface area contributed by atoms with Crippen molar-refractivity contribution < 1.29 is 28.7 Å². The van der Waals surface area contributed by atoms with Crippen molar-refractivity contribution in [2.45, 2.75) is 71.6 Å². The zero-order valence-electron chi connectivity index (χ0n) is 33.9. The van der Waals surface area contributed by atoms with Crippen LogP contribution in [0.3, 0.4) is 0 Å². The lowest BCUT2D eigenvalue weighted by atomic mass is 9.49. The summed E-state index contributed by atoms with van der Waals surface area (Å²) in [6, 6.07) is 19.3. The fourth-order valence-corrected chi connectivity index (χ4v) is 10.4. The fourth-order valence-electron chi connectivity index (χ4n) is 10.2. The lowest BCUT2D eigenvalue weighted by Crippen LogP contribution is -2.74. The van der Waals surface area contributed by atoms with Crippen molar-refractivity contribution in [2.75, 3.05) is 55.6 Å². The number of nitrogens with zero attached hydrogens (tertiary/aromatic N) is 5. The first-order valence-electron chi connectivity index (χ1n) is 20.5. The van der Waals surface area contributed by atoms with Crippen molar-refractivity contribution in [2.24, 2.45) is 16.7 Å². The molecule has 1 aliphatic carbocycles. The van der Waals surface area contributed by atoms with E-state index in [1.165, 1.54) is 0 Å². The number of benzene rings is 3. The van der Waals surface area contributed by atoms with Crippen molar-refractivity contribution in [3.8, 4) is 11.8 Å². The number of amides is 5. The van der Waals surface area contributed by atoms with Crippen molar-refractivity contribution in [1.29, 1.82) is 5.26 Å². The number of carbonyl (C=O) groups is 5. The molecule has 2 N–H and O–H groups in total. The standard InChI is InChI=1S/C45H50ClN7O6/c1-44(2)42(45(3,4)43(44)59-32-11-7-29(25-47)35(46)24-32)49-38(55)28-5-8-30(9-6-28)52-21-19-50(20-22-52)26-27-15-17-51(18-16-27)31-10-12-33-34(23-31)41(58)53(40(33)57)36-13-14-37(54)48-39(36)56/h5-12,23-24,27,36,42-43H,13-22,26H2,1-4H3,(H,49,55)(H,48,54,56)/t36?,42-,43-. The van der Waals surface area contributed by atoms with E-state index < -0.39 is 29.7 Å². The summed E-state index contributed by atoms with van der Waals surface area (Å²) in [5.74, 6) is -0.936. The van der Waals surface area contributed by atoms with Gasteiger partial charge in [-0.25, -0.2) is 0 Å². The number of hydrogen-bond donors (Lipinski definition) is 2. The maximum atomic E-state index is 13.5. The number of carbonyl (C=O) groups excluding carboxylic acids is 5. The Labute approximate surface area is 349 Å². The second-order valence-corrected chi connectivity index (χ2v) is 18.1. The number of fused-ring (bicyclic) bond motifs is 1. The Balaban J connectivity index is 0.789. The first-order chi connectivity index (χ1) is 28.1. The Morgan fingerprint density at radius 2 is 1.47 bits per heavy atom. The molecule has 1 saturated carbocycles. The van der Waals surface area contributed by atoms with Gasteiger partial charge in [0.15, 0.2) is 0 Å². The molecule has 0 aromatic heterocycles. The van der Waals surface area contributed by atoms with Crippen molar-refractivity contribution >= 4 is 52.5 Å². The Bertz CT molecular complexity index is 2220. The summed E-state index contributed by atoms with van der Waals surface area (Å²) in [7, 11) is 0. The number of nitrogens with one attached hydrogen (secondary N) is 2. The number of piperidine rings is 2. The summed E-state index contributed by atoms with van der Waals surface area (Å²) >= 11 is 6.25. The number of nitriles is 1. The summed E-state index contributed by atoms with van der Waals surface area (Å²) in [6.07, 6.45) is 2.08. The van der Waals surface area contributed by atoms with Gasteiger partial charge in [-0.3, -0.25) is 39.1 Å². The number of ether oxygens (including phenoxy) is 1. The molecule has 0 bridgehead atoms. The highest BCUT2D eigenvalue weighted by Crippen LogP contribution is 2.55. The van der Waals surface area contributed by atoms with E-state index >= 15 is 0 Å². The molecule has 14 heteroatoms. The van der Waals surface area contributed by atoms with E-state index in [1.54, 1.807) is 30.3 Å². The molecule has 1 atom stereocenters. The van der Waals surface area contributed by atoms with Crippen LogP contribution >= 0.6 is 11.6 Å². The summed E-state index contributed by atoms with van der Waals surface area (Å²) in [4.78, 5) is 72.2. The van der Waals surface area contributed by atoms with E-state index in [-0.39, 0.29) is 41.7 Å². The molecule has 8 rings (SSSR count). The van der Waals surface area contributed by atoms with Crippen molar-refractivity contribution in [1.82, 2.24) is 20.4 Å². The quantitative estimate of drug-likeness (QED) is 0.273. The third kappa shape index (κ3) is 7.53. The van der Waals surface area contributed by atoms with Gasteiger partial charge in [0.2, 0.25) is 11.8 Å². The maximum absolute atomic E-state index is 13.5. The first kappa shape index (κ1) is 40.3. The van der Waals surface area contributed by atoms with Crippen LogP contribution in [0.2, 0.25) is 5.02 Å². The van der Waals surface area contributed by atoms with E-state index in [9.17, 15) is 29.2 Å². The number of halogens is 1. The predicted octanol–water partition coefficient (Wildman–Crippen LogP) is 5.26. The van der Waals surface area contributed by atoms with E-state index in [0.717, 1.165) is 74.9 Å². The van der Waals surface area contributed by atoms with E-state index in [0.29, 0.717) is 38.9 Å². The highest BCUT2D eigenvalue weighted by Gasteiger charge is 2.64. The van der Waals surface area contributed by atoms with Gasteiger partial charge in [-0.15, -0.1) is 0 Å². The molecule has 4 heterocycles. The minimum atomic E-state index is -0.973. The van der Waals surface area contributed by atoms with Gasteiger partial charge in [0.1, 0.15) is 24.0 Å². The van der Waals surface area contributed by atoms with Crippen LogP contribution in [0.5, 0.6) is 5.75 Å². The number of imide groups is 2. The third-order valence-electron chi connectivity index (χ3n) is 13.2. The van der Waals surface area contributed by atoms with Gasteiger partial charge in [0.05, 0.1) is 21.7 Å². The minimum Gasteiger partial charge on any atom is -0.489 e. The number of piperazine rings is 1. The van der Waals surface area contributed by atoms with Crippen LogP contribution < -0.4 is 25.2 Å². The summed E-state index contributed by atoms with van der Waals surface area (Å²) < 4.78 is 6.38. The SMILES string of the molecule is CC1(C)[C@H](NC(=O)c2ccc(N3CCN(CC4CCN(c5ccc6c(c5)C(=O)N(C5CCC(=O)NC5=O)C6=O)CC4)CC3)cc2)C(C)(C)[C@H]1Oc1ccc(C#N)c(Cl)c1. The molecule has 3 aromatic carbocycles. The van der Waals surface area contributed by atoms with Crippen molar-refractivity contribution in [3.63, 3.8) is 0 Å². The lowest BCUT2D eigenvalue weighted by Gasteiger charge is -2.63. The Kier molecular flexibility index (Phi) is 10.7. The average Bonchev–Trinajstić information content (AvgIpc) is 3.47. The Morgan fingerprint density at radius 1 is 0.831 bits per heavy atom. The van der Waals surface area contributed by atoms with Crippen LogP contribution in [-0.2, 0) is 9.59 Å². The molecule has 3 saturated heterocycles. The predicted molar refractivity (Wildman–Crippen MR) is 223 cm³/mol. The second kappa shape index (κ2) is 15.6. The smallest absolute Gasteiger partial charge is 0.262 e. The zero-order valence-corrected chi connectivity index (χ0v) is 34.7. The van der Waals surface area contributed by atoms with Crippen LogP contribution in [0, 0.1) is 28.1 Å². The van der Waals surface area contributed by atoms with Crippen molar-refractivity contribution in [3.05, 3.63) is 87.9 Å². The van der Waals surface area contributed by atoms with Crippen LogP contribution in [0.15, 0.2) is 60.7 Å². The van der Waals surface area contributed by atoms with Crippen LogP contribution in [0.25, 0.3) is 0 Å². The van der Waals surface area contributed by atoms with Crippen LogP contribution in [-0.4, -0.2) is 103 Å². The first-order valence-corrected chi connectivity index (χ1v) is 20.9. The molecule has 0 spiro atoms. The molecule has 5 aliphatic rings. The van der Waals surface area contributed by atoms with Gasteiger partial charge in [0.25, 0.3) is 17.7 Å². The summed E-state index contributed by atoms with van der Waals surface area (Å²) in [5, 5.41) is 15.1. The molecular weight excluding hydrogens is 770 g/mol. The molecule has 1 unspecified atom stereocenters. The molecule has 0 radical (unpaired) electrons. The van der Waals surface area contributed by atoms with Gasteiger partial charge < -0.3 is 19.9 Å². The molecule has 308 valence electrons. The van der Waals surface area contributed by atoms with Gasteiger partial charge in [-0.05, 0) is 79.8 Å². The van der Waals surface area contributed by atoms with E-state index in [2.05, 4.69) is 59.1 Å². The monoisotopic (exact) mass is 819 g/mol. The summed E-state index contributed by atoms with van der Waals surface area (Å²) in [5.41, 5.74) is 2.91. The van der Waals surface area contributed by atoms with Gasteiger partial charge in [-0.1, -0.05) is 39.3 Å². The van der Waals surface area contributed by atoms with E-state index in [1.807, 2.05) is 30.3 Å². The fraction of sp³-hybridized carbons (Fsp3) is 0.467. The largest absolute Gasteiger partial charge is 0.489 e. The van der Waals surface area contributed by atoms with Crippen LogP contribution in [0.1, 0.15) is 90.0 Å². The number of anilines is 2. The molecule has 59 heavy (non-hydrogen) atoms. The van der Waals surface area contributed by atoms with Gasteiger partial charge in [0, 0.05) is 92.1 Å². The average molecular weight is 820 g/mol. The molecular formula is C45H50ClN7O6. The molecule has 4 fully saturated rings. The molecule has 3 aromatic rings. The molecule has 5 amide bonds. The highest BCUT2D eigenvalue weighted by atomic mass is 35.5. The van der Waals surface area contributed by atoms with Gasteiger partial charge >= 0.3 is 0 Å². The third-order valence-corrected chi connectivity index (χ3v) is 13.5. The number of rotatable bonds is 9. The second-order valence-electron chi connectivity index (χ2n) is 17.7. The van der Waals surface area contributed by atoms with Crippen LogP contribution in [0.4, 0.5) is 11.4 Å². The Morgan fingerprint density at radius 3 is 2.12 bits per heavy atom. The van der Waals surface area contributed by atoms with Gasteiger partial charge in [-0.2, -0.15) is 5.26 Å². The lowest BCUT2D eigenvalue weighted by molar-refractivity contribution is -0.164. The Hall–Kier alpha value is -5.45. The normalized spacial score (nSPS) is 24.3. The molecule has 4 aliphatic heterocycles. The minimum absolute atomic E-state index is 0.0914. The highest BCUT2D eigenvalue weighted by molar-refractivity contribution is 6.31. The number of hydrogen-bond acceptors (Lipinski definition) is 10. The van der Waals surface area contributed by atoms with E-state index in [4.69, 9.17) is 16.3 Å². The molecule has 13 nitrogen and oxygen atoms in total. The zero-order chi connectivity index (χ0) is 41.8. The topological polar surface area (TPSA) is 155 Å². The maximum Gasteiger partial charge on any atom is 0.262 e.